The summed E-state index contributed by atoms with van der Waals surface area (Å²) in [6, 6.07) is 62.2. The SMILES string of the molecule is c1ccc(-c2ccccc2-c2cc3cccc4c5cc(-c6ccccc6-c6ccccc6)cc6cccc(c(c2)c34)c65)cc1. The van der Waals surface area contributed by atoms with Gasteiger partial charge >= 0.3 is 0 Å². The minimum atomic E-state index is 1.24. The standard InChI is InChI=1S/C44H28/c1-3-13-29(14-4-1)35-19-7-9-21-37(35)33-25-31-17-11-24-40-42-28-34(38-22-10-8-20-36(38)30-15-5-2-6-16-30)26-32-18-12-23-39(44(32)42)41(27-33)43(31)40/h1-28H. The van der Waals surface area contributed by atoms with E-state index in [-0.39, 0.29) is 0 Å². The molecule has 0 amide bonds. The van der Waals surface area contributed by atoms with E-state index in [9.17, 15) is 0 Å². The molecule has 204 valence electrons. The van der Waals surface area contributed by atoms with E-state index in [2.05, 4.69) is 170 Å². The predicted octanol–water partition coefficient (Wildman–Crippen LogP) is 12.4. The third kappa shape index (κ3) is 3.85. The summed E-state index contributed by atoms with van der Waals surface area (Å²) in [4.78, 5) is 0. The maximum Gasteiger partial charge on any atom is -0.00259 e. The van der Waals surface area contributed by atoms with Crippen LogP contribution in [0, 0.1) is 0 Å². The van der Waals surface area contributed by atoms with E-state index in [1.165, 1.54) is 87.6 Å². The van der Waals surface area contributed by atoms with E-state index < -0.39 is 0 Å². The molecular weight excluding hydrogens is 528 g/mol. The fourth-order valence-electron chi connectivity index (χ4n) is 7.25. The van der Waals surface area contributed by atoms with Crippen molar-refractivity contribution >= 4 is 43.1 Å². The van der Waals surface area contributed by atoms with Crippen molar-refractivity contribution in [2.75, 3.05) is 0 Å². The van der Waals surface area contributed by atoms with Crippen LogP contribution in [0.25, 0.3) is 87.6 Å². The molecule has 0 aromatic heterocycles. The molecule has 0 spiro atoms. The lowest BCUT2D eigenvalue weighted by atomic mass is 9.85. The largest absolute Gasteiger partial charge is 0.0622 e. The Morgan fingerprint density at radius 3 is 1.00 bits per heavy atom. The van der Waals surface area contributed by atoms with Gasteiger partial charge in [0.2, 0.25) is 0 Å². The van der Waals surface area contributed by atoms with Gasteiger partial charge in [-0.1, -0.05) is 146 Å². The Hall–Kier alpha value is -5.72. The van der Waals surface area contributed by atoms with Gasteiger partial charge in [-0.25, -0.2) is 0 Å². The predicted molar refractivity (Wildman–Crippen MR) is 189 cm³/mol. The van der Waals surface area contributed by atoms with Gasteiger partial charge in [-0.2, -0.15) is 0 Å². The fraction of sp³-hybridized carbons (Fsp3) is 0. The number of hydrogen-bond donors (Lipinski definition) is 0. The van der Waals surface area contributed by atoms with Crippen LogP contribution in [-0.2, 0) is 0 Å². The Labute approximate surface area is 256 Å². The normalized spacial score (nSPS) is 11.6. The van der Waals surface area contributed by atoms with Crippen molar-refractivity contribution < 1.29 is 0 Å². The second kappa shape index (κ2) is 9.93. The average molecular weight is 557 g/mol. The molecular formula is C44H28. The van der Waals surface area contributed by atoms with Crippen LogP contribution in [0.5, 0.6) is 0 Å². The van der Waals surface area contributed by atoms with Crippen LogP contribution in [0.2, 0.25) is 0 Å². The van der Waals surface area contributed by atoms with Gasteiger partial charge in [0, 0.05) is 0 Å². The van der Waals surface area contributed by atoms with Gasteiger partial charge in [0.25, 0.3) is 0 Å². The Morgan fingerprint density at radius 2 is 0.591 bits per heavy atom. The van der Waals surface area contributed by atoms with Gasteiger partial charge in [0.05, 0.1) is 0 Å². The van der Waals surface area contributed by atoms with Crippen molar-refractivity contribution in [1.82, 2.24) is 0 Å². The van der Waals surface area contributed by atoms with E-state index in [0.717, 1.165) is 0 Å². The zero-order valence-corrected chi connectivity index (χ0v) is 24.2. The first kappa shape index (κ1) is 24.8. The van der Waals surface area contributed by atoms with E-state index in [4.69, 9.17) is 0 Å². The number of rotatable bonds is 4. The van der Waals surface area contributed by atoms with Crippen molar-refractivity contribution in [3.63, 3.8) is 0 Å². The van der Waals surface area contributed by atoms with E-state index in [1.807, 2.05) is 0 Å². The molecule has 0 heterocycles. The van der Waals surface area contributed by atoms with Crippen molar-refractivity contribution in [3.8, 4) is 44.5 Å². The highest BCUT2D eigenvalue weighted by molar-refractivity contribution is 6.34. The van der Waals surface area contributed by atoms with Gasteiger partial charge in [0.15, 0.2) is 0 Å². The maximum atomic E-state index is 2.42. The minimum Gasteiger partial charge on any atom is -0.0622 e. The van der Waals surface area contributed by atoms with Gasteiger partial charge < -0.3 is 0 Å². The number of hydrogen-bond acceptors (Lipinski definition) is 0. The van der Waals surface area contributed by atoms with Crippen LogP contribution in [0.4, 0.5) is 0 Å². The zero-order valence-electron chi connectivity index (χ0n) is 24.2. The summed E-state index contributed by atoms with van der Waals surface area (Å²) in [7, 11) is 0. The van der Waals surface area contributed by atoms with Crippen LogP contribution < -0.4 is 0 Å². The second-order valence-electron chi connectivity index (χ2n) is 11.7. The van der Waals surface area contributed by atoms with Crippen molar-refractivity contribution in [2.24, 2.45) is 0 Å². The maximum absolute atomic E-state index is 2.42. The molecule has 0 aliphatic rings. The summed E-state index contributed by atoms with van der Waals surface area (Å²) in [5.41, 5.74) is 10.00. The molecule has 0 aliphatic carbocycles. The molecule has 44 heavy (non-hydrogen) atoms. The van der Waals surface area contributed by atoms with Gasteiger partial charge in [0.1, 0.15) is 0 Å². The molecule has 0 saturated carbocycles. The van der Waals surface area contributed by atoms with Gasteiger partial charge in [-0.05, 0) is 112 Å². The average Bonchev–Trinajstić information content (AvgIpc) is 3.10. The lowest BCUT2D eigenvalue weighted by molar-refractivity contribution is 1.60. The summed E-state index contributed by atoms with van der Waals surface area (Å²) >= 11 is 0. The van der Waals surface area contributed by atoms with Crippen molar-refractivity contribution in [1.29, 1.82) is 0 Å². The van der Waals surface area contributed by atoms with Crippen molar-refractivity contribution in [2.45, 2.75) is 0 Å². The molecule has 9 aromatic rings. The summed E-state index contributed by atoms with van der Waals surface area (Å²) < 4.78 is 0. The van der Waals surface area contributed by atoms with Crippen molar-refractivity contribution in [3.05, 3.63) is 170 Å². The summed E-state index contributed by atoms with van der Waals surface area (Å²) in [5.74, 6) is 0. The Morgan fingerprint density at radius 1 is 0.227 bits per heavy atom. The summed E-state index contributed by atoms with van der Waals surface area (Å²) in [6.45, 7) is 0. The second-order valence-corrected chi connectivity index (χ2v) is 11.7. The molecule has 0 radical (unpaired) electrons. The zero-order chi connectivity index (χ0) is 29.0. The first-order valence-corrected chi connectivity index (χ1v) is 15.3. The van der Waals surface area contributed by atoms with E-state index in [0.29, 0.717) is 0 Å². The first-order valence-electron chi connectivity index (χ1n) is 15.3. The monoisotopic (exact) mass is 556 g/mol. The lowest BCUT2D eigenvalue weighted by Crippen LogP contribution is -1.91. The molecule has 0 N–H and O–H groups in total. The topological polar surface area (TPSA) is 0 Å². The highest BCUT2D eigenvalue weighted by Crippen LogP contribution is 2.45. The van der Waals surface area contributed by atoms with Gasteiger partial charge in [-0.3, -0.25) is 0 Å². The Bertz CT molecular complexity index is 2290. The molecule has 9 aromatic carbocycles. The third-order valence-electron chi connectivity index (χ3n) is 9.18. The molecule has 0 atom stereocenters. The van der Waals surface area contributed by atoms with Crippen LogP contribution in [-0.4, -0.2) is 0 Å². The van der Waals surface area contributed by atoms with Crippen LogP contribution in [0.15, 0.2) is 170 Å². The molecule has 0 heteroatoms. The molecule has 0 aliphatic heterocycles. The van der Waals surface area contributed by atoms with Gasteiger partial charge in [-0.15, -0.1) is 0 Å². The van der Waals surface area contributed by atoms with Crippen LogP contribution in [0.1, 0.15) is 0 Å². The highest BCUT2D eigenvalue weighted by Gasteiger charge is 2.17. The lowest BCUT2D eigenvalue weighted by Gasteiger charge is -2.18. The molecule has 0 bridgehead atoms. The molecule has 0 unspecified atom stereocenters. The fourth-order valence-corrected chi connectivity index (χ4v) is 7.25. The quantitative estimate of drug-likeness (QED) is 0.149. The Balaban J connectivity index is 1.34. The highest BCUT2D eigenvalue weighted by atomic mass is 14.2. The van der Waals surface area contributed by atoms with Crippen LogP contribution in [0.3, 0.4) is 0 Å². The van der Waals surface area contributed by atoms with E-state index >= 15 is 0 Å². The molecule has 0 fully saturated rings. The minimum absolute atomic E-state index is 1.24. The first-order chi connectivity index (χ1) is 21.8. The summed E-state index contributed by atoms with van der Waals surface area (Å²) in [5, 5.41) is 10.5. The number of fused-ring (bicyclic) bond motifs is 2. The molecule has 0 nitrogen and oxygen atoms in total. The van der Waals surface area contributed by atoms with E-state index in [1.54, 1.807) is 0 Å². The third-order valence-corrected chi connectivity index (χ3v) is 9.18. The number of benzene rings is 9. The Kier molecular flexibility index (Phi) is 5.61. The molecule has 9 rings (SSSR count). The van der Waals surface area contributed by atoms with Crippen LogP contribution >= 0.6 is 0 Å². The summed E-state index contributed by atoms with van der Waals surface area (Å²) in [6.07, 6.45) is 0. The molecule has 0 saturated heterocycles. The smallest absolute Gasteiger partial charge is 0.00259 e.